The van der Waals surface area contributed by atoms with Crippen molar-refractivity contribution in [2.75, 3.05) is 26.2 Å². The van der Waals surface area contributed by atoms with Gasteiger partial charge in [0.15, 0.2) is 5.65 Å². The molecular formula is C32H41N9O6. The van der Waals surface area contributed by atoms with Gasteiger partial charge in [0.2, 0.25) is 11.8 Å². The van der Waals surface area contributed by atoms with E-state index in [-0.39, 0.29) is 73.9 Å². The van der Waals surface area contributed by atoms with Crippen LogP contribution in [-0.2, 0) is 16.1 Å². The highest BCUT2D eigenvalue weighted by Crippen LogP contribution is 2.15. The van der Waals surface area contributed by atoms with Crippen LogP contribution >= 0.6 is 0 Å². The number of benzene rings is 1. The summed E-state index contributed by atoms with van der Waals surface area (Å²) in [6, 6.07) is 5.89. The molecule has 0 spiro atoms. The molecule has 0 aliphatic carbocycles. The molecule has 1 aliphatic heterocycles. The number of amides is 4. The fraction of sp³-hybridized carbons (Fsp3) is 0.469. The number of rotatable bonds is 3. The lowest BCUT2D eigenvalue weighted by Crippen LogP contribution is -2.50. The summed E-state index contributed by atoms with van der Waals surface area (Å²) < 4.78 is 2.74. The van der Waals surface area contributed by atoms with Crippen LogP contribution in [0.25, 0.3) is 16.7 Å². The summed E-state index contributed by atoms with van der Waals surface area (Å²) in [7, 11) is 0. The molecule has 5 rings (SSSR count). The number of aromatic amines is 2. The van der Waals surface area contributed by atoms with E-state index in [1.807, 2.05) is 13.8 Å². The van der Waals surface area contributed by atoms with Crippen LogP contribution in [-0.4, -0.2) is 84.9 Å². The number of aryl methyl sites for hydroxylation is 2. The first-order chi connectivity index (χ1) is 22.6. The second-order valence-corrected chi connectivity index (χ2v) is 12.0. The fourth-order valence-corrected chi connectivity index (χ4v) is 5.74. The third-order valence-electron chi connectivity index (χ3n) is 8.57. The Kier molecular flexibility index (Phi) is 10.2. The van der Waals surface area contributed by atoms with Crippen molar-refractivity contribution in [2.24, 2.45) is 5.92 Å². The number of nitrogens with one attached hydrogen (secondary N) is 5. The largest absolute Gasteiger partial charge is 0.354 e. The van der Waals surface area contributed by atoms with Gasteiger partial charge in [-0.25, -0.2) is 14.3 Å². The SMILES string of the molecule is CC[C@H](C)[C@@H]1NC(=O)CCCN(C(=O)c2cnc3cc(C)[nH]n3c2=O)CCCNC(=O)c2ccc3[nH]c(=O)n(c3c2)CCCNC1=O. The average Bonchev–Trinajstić information content (AvgIpc) is 3.59. The van der Waals surface area contributed by atoms with Crippen molar-refractivity contribution < 1.29 is 19.2 Å². The maximum Gasteiger partial charge on any atom is 0.326 e. The lowest BCUT2D eigenvalue weighted by molar-refractivity contribution is -0.130. The predicted octanol–water partition coefficient (Wildman–Crippen LogP) is 1.07. The standard InChI is InChI=1S/C32H41N9O6/c1-4-19(2)27-29(44)34-12-7-15-40-24-17-21(9-10-23(24)36-32(40)47)28(43)33-11-6-14-39(13-5-8-26(42)37-27)30(45)22-18-35-25-16-20(3)38-41(25)31(22)46/h9-10,16-19,27,38H,4-8,11-15H2,1-3H3,(H,33,43)(H,34,44)(H,36,47)(H,37,42)/t19-,27-/m0/s1. The van der Waals surface area contributed by atoms with Gasteiger partial charge in [-0.15, -0.1) is 0 Å². The minimum absolute atomic E-state index is 0.0504. The lowest BCUT2D eigenvalue weighted by atomic mass is 9.98. The van der Waals surface area contributed by atoms with Crippen LogP contribution in [0.1, 0.15) is 72.4 Å². The number of H-pyrrole nitrogens is 2. The minimum atomic E-state index is -0.753. The zero-order valence-electron chi connectivity index (χ0n) is 26.9. The topological polar surface area (TPSA) is 196 Å². The number of nitrogens with zero attached hydrogens (tertiary/aromatic N) is 4. The van der Waals surface area contributed by atoms with Crippen LogP contribution in [0, 0.1) is 12.8 Å². The summed E-state index contributed by atoms with van der Waals surface area (Å²) in [6.45, 7) is 6.78. The van der Waals surface area contributed by atoms with Crippen molar-refractivity contribution in [2.45, 2.75) is 65.5 Å². The quantitative estimate of drug-likeness (QED) is 0.219. The molecule has 0 radical (unpaired) electrons. The molecule has 5 N–H and O–H groups in total. The van der Waals surface area contributed by atoms with E-state index < -0.39 is 17.5 Å². The van der Waals surface area contributed by atoms with Crippen LogP contribution in [0.15, 0.2) is 40.1 Å². The zero-order valence-corrected chi connectivity index (χ0v) is 26.9. The number of imidazole rings is 1. The van der Waals surface area contributed by atoms with Gasteiger partial charge in [0.05, 0.1) is 11.0 Å². The molecule has 0 saturated heterocycles. The number of hydrogen-bond acceptors (Lipinski definition) is 7. The van der Waals surface area contributed by atoms with Crippen LogP contribution < -0.4 is 27.2 Å². The van der Waals surface area contributed by atoms with E-state index in [9.17, 15) is 28.8 Å². The number of aromatic nitrogens is 5. The van der Waals surface area contributed by atoms with Crippen molar-refractivity contribution in [1.82, 2.24) is 45.0 Å². The molecule has 0 fully saturated rings. The maximum atomic E-state index is 13.7. The summed E-state index contributed by atoms with van der Waals surface area (Å²) in [6.07, 6.45) is 3.08. The Morgan fingerprint density at radius 1 is 1.00 bits per heavy atom. The number of hydrogen-bond donors (Lipinski definition) is 5. The molecule has 2 bridgehead atoms. The molecule has 4 amide bonds. The zero-order chi connectivity index (χ0) is 33.7. The van der Waals surface area contributed by atoms with Gasteiger partial charge in [-0.2, -0.15) is 0 Å². The van der Waals surface area contributed by atoms with Gasteiger partial charge in [-0.05, 0) is 50.3 Å². The van der Waals surface area contributed by atoms with Crippen LogP contribution in [0.3, 0.4) is 0 Å². The molecule has 1 aromatic carbocycles. The Morgan fingerprint density at radius 3 is 2.53 bits per heavy atom. The van der Waals surface area contributed by atoms with E-state index in [1.54, 1.807) is 31.2 Å². The van der Waals surface area contributed by atoms with Crippen molar-refractivity contribution in [1.29, 1.82) is 0 Å². The summed E-state index contributed by atoms with van der Waals surface area (Å²) in [5.41, 5.74) is 1.63. The van der Waals surface area contributed by atoms with Crippen molar-refractivity contribution in [3.05, 3.63) is 68.1 Å². The maximum absolute atomic E-state index is 13.7. The van der Waals surface area contributed by atoms with E-state index in [1.165, 1.54) is 20.2 Å². The highest BCUT2D eigenvalue weighted by Gasteiger charge is 2.26. The van der Waals surface area contributed by atoms with E-state index in [0.29, 0.717) is 53.7 Å². The van der Waals surface area contributed by atoms with Gasteiger partial charge < -0.3 is 25.8 Å². The molecule has 3 aromatic heterocycles. The van der Waals surface area contributed by atoms with Crippen molar-refractivity contribution >= 4 is 40.3 Å². The second-order valence-electron chi connectivity index (χ2n) is 12.0. The molecule has 15 nitrogen and oxygen atoms in total. The Bertz CT molecular complexity index is 1920. The van der Waals surface area contributed by atoms with Gasteiger partial charge in [-0.1, -0.05) is 20.3 Å². The number of carbonyl (C=O) groups excluding carboxylic acids is 4. The van der Waals surface area contributed by atoms with E-state index >= 15 is 0 Å². The number of carbonyl (C=O) groups is 4. The van der Waals surface area contributed by atoms with Crippen LogP contribution in [0.5, 0.6) is 0 Å². The molecule has 47 heavy (non-hydrogen) atoms. The fourth-order valence-electron chi connectivity index (χ4n) is 5.74. The molecule has 4 aromatic rings. The molecule has 0 saturated carbocycles. The first-order valence-corrected chi connectivity index (χ1v) is 16.0. The summed E-state index contributed by atoms with van der Waals surface area (Å²) >= 11 is 0. The highest BCUT2D eigenvalue weighted by molar-refractivity contribution is 5.97. The predicted molar refractivity (Wildman–Crippen MR) is 174 cm³/mol. The molecule has 250 valence electrons. The van der Waals surface area contributed by atoms with Gasteiger partial charge in [0, 0.05) is 62.7 Å². The summed E-state index contributed by atoms with van der Waals surface area (Å²) in [5.74, 6) is -1.66. The van der Waals surface area contributed by atoms with Crippen LogP contribution in [0.2, 0.25) is 0 Å². The molecule has 15 heteroatoms. The van der Waals surface area contributed by atoms with Gasteiger partial charge in [0.25, 0.3) is 17.4 Å². The Hall–Kier alpha value is -5.21. The van der Waals surface area contributed by atoms with E-state index in [0.717, 1.165) is 0 Å². The Morgan fingerprint density at radius 2 is 1.74 bits per heavy atom. The van der Waals surface area contributed by atoms with Crippen LogP contribution in [0.4, 0.5) is 0 Å². The number of fused-ring (bicyclic) bond motifs is 2. The van der Waals surface area contributed by atoms with Gasteiger partial charge in [-0.3, -0.25) is 33.6 Å². The van der Waals surface area contributed by atoms with Crippen molar-refractivity contribution in [3.8, 4) is 0 Å². The third kappa shape index (κ3) is 7.45. The Labute approximate surface area is 270 Å². The smallest absolute Gasteiger partial charge is 0.326 e. The molecular weight excluding hydrogens is 606 g/mol. The van der Waals surface area contributed by atoms with E-state index in [2.05, 4.69) is 31.0 Å². The highest BCUT2D eigenvalue weighted by atomic mass is 16.2. The molecule has 2 atom stereocenters. The average molecular weight is 648 g/mol. The minimum Gasteiger partial charge on any atom is -0.354 e. The molecule has 1 aliphatic rings. The van der Waals surface area contributed by atoms with E-state index in [4.69, 9.17) is 0 Å². The first kappa shape index (κ1) is 33.2. The normalized spacial score (nSPS) is 18.4. The molecule has 0 unspecified atom stereocenters. The van der Waals surface area contributed by atoms with Gasteiger partial charge in [0.1, 0.15) is 11.6 Å². The first-order valence-electron chi connectivity index (χ1n) is 16.0. The lowest BCUT2D eigenvalue weighted by Gasteiger charge is -2.25. The monoisotopic (exact) mass is 647 g/mol. The summed E-state index contributed by atoms with van der Waals surface area (Å²) in [4.78, 5) is 87.2. The van der Waals surface area contributed by atoms with Gasteiger partial charge >= 0.3 is 5.69 Å². The Balaban J connectivity index is 1.39. The van der Waals surface area contributed by atoms with Crippen molar-refractivity contribution in [3.63, 3.8) is 0 Å². The second kappa shape index (κ2) is 14.5. The third-order valence-corrected chi connectivity index (χ3v) is 8.57. The summed E-state index contributed by atoms with van der Waals surface area (Å²) in [5, 5.41) is 11.5. The molecule has 4 heterocycles.